The maximum atomic E-state index is 12.6. The molecule has 0 saturated heterocycles. The minimum absolute atomic E-state index is 0.0609. The van der Waals surface area contributed by atoms with Gasteiger partial charge in [0.25, 0.3) is 5.91 Å². The topological polar surface area (TPSA) is 33.5 Å². The summed E-state index contributed by atoms with van der Waals surface area (Å²) in [6, 6.07) is 16.6. The van der Waals surface area contributed by atoms with Crippen molar-refractivity contribution in [2.45, 2.75) is 33.2 Å². The lowest BCUT2D eigenvalue weighted by Crippen LogP contribution is -3.17. The Labute approximate surface area is 150 Å². The summed E-state index contributed by atoms with van der Waals surface area (Å²) < 4.78 is 0. The highest BCUT2D eigenvalue weighted by Crippen LogP contribution is 2.18. The molecule has 25 heavy (non-hydrogen) atoms. The molecule has 1 aliphatic rings. The maximum absolute atomic E-state index is 12.6. The Morgan fingerprint density at radius 1 is 1.12 bits per heavy atom. The van der Waals surface area contributed by atoms with Gasteiger partial charge in [-0.1, -0.05) is 48.0 Å². The van der Waals surface area contributed by atoms with Crippen LogP contribution in [0.25, 0.3) is 5.57 Å². The van der Waals surface area contributed by atoms with Gasteiger partial charge in [-0.05, 0) is 49.6 Å². The van der Waals surface area contributed by atoms with Gasteiger partial charge in [0.15, 0.2) is 6.04 Å². The predicted molar refractivity (Wildman–Crippen MR) is 104 cm³/mol. The van der Waals surface area contributed by atoms with Crippen molar-refractivity contribution >= 4 is 17.2 Å². The summed E-state index contributed by atoms with van der Waals surface area (Å²) in [5.74, 6) is 0.0958. The second kappa shape index (κ2) is 7.66. The number of hydrogen-bond acceptors (Lipinski definition) is 1. The van der Waals surface area contributed by atoms with E-state index in [1.807, 2.05) is 32.0 Å². The fourth-order valence-corrected chi connectivity index (χ4v) is 3.44. The Morgan fingerprint density at radius 2 is 1.88 bits per heavy atom. The van der Waals surface area contributed by atoms with Crippen LogP contribution in [0.4, 0.5) is 5.69 Å². The van der Waals surface area contributed by atoms with Crippen molar-refractivity contribution in [1.82, 2.24) is 0 Å². The first-order valence-corrected chi connectivity index (χ1v) is 9.02. The number of aryl methyl sites for hydroxylation is 2. The molecule has 1 unspecified atom stereocenters. The molecule has 0 radical (unpaired) electrons. The largest absolute Gasteiger partial charge is 0.321 e. The monoisotopic (exact) mass is 335 g/mol. The third kappa shape index (κ3) is 4.18. The van der Waals surface area contributed by atoms with Crippen molar-refractivity contribution in [2.75, 3.05) is 18.4 Å². The molecular weight excluding hydrogens is 308 g/mol. The smallest absolute Gasteiger partial charge is 0.282 e. The number of hydrogen-bond donors (Lipinski definition) is 2. The molecule has 0 saturated carbocycles. The van der Waals surface area contributed by atoms with E-state index in [0.29, 0.717) is 0 Å². The van der Waals surface area contributed by atoms with E-state index in [2.05, 4.69) is 48.6 Å². The zero-order chi connectivity index (χ0) is 17.8. The summed E-state index contributed by atoms with van der Waals surface area (Å²) in [5, 5.41) is 3.10. The molecule has 0 aromatic heterocycles. The Morgan fingerprint density at radius 3 is 2.52 bits per heavy atom. The molecule has 2 N–H and O–H groups in total. The molecule has 0 spiro atoms. The minimum atomic E-state index is -0.0609. The number of carbonyl (C=O) groups is 1. The Bertz CT molecular complexity index is 780. The Balaban J connectivity index is 1.63. The van der Waals surface area contributed by atoms with E-state index in [0.717, 1.165) is 30.8 Å². The van der Waals surface area contributed by atoms with Gasteiger partial charge in [0, 0.05) is 12.1 Å². The van der Waals surface area contributed by atoms with Gasteiger partial charge in [0.2, 0.25) is 0 Å². The second-order valence-corrected chi connectivity index (χ2v) is 6.99. The molecule has 0 bridgehead atoms. The average Bonchev–Trinajstić information content (AvgIpc) is 2.64. The lowest BCUT2D eigenvalue weighted by atomic mass is 9.99. The molecule has 3 nitrogen and oxygen atoms in total. The molecule has 130 valence electrons. The molecule has 2 atom stereocenters. The fraction of sp³-hybridized carbons (Fsp3) is 0.318. The second-order valence-electron chi connectivity index (χ2n) is 6.99. The van der Waals surface area contributed by atoms with Crippen molar-refractivity contribution in [3.8, 4) is 0 Å². The van der Waals surface area contributed by atoms with Gasteiger partial charge in [0.05, 0.1) is 13.1 Å². The van der Waals surface area contributed by atoms with Gasteiger partial charge in [-0.25, -0.2) is 0 Å². The third-order valence-electron chi connectivity index (χ3n) is 5.12. The highest BCUT2D eigenvalue weighted by atomic mass is 16.2. The van der Waals surface area contributed by atoms with E-state index < -0.39 is 0 Å². The normalized spacial score (nSPS) is 18.4. The van der Waals surface area contributed by atoms with Gasteiger partial charge in [0.1, 0.15) is 0 Å². The molecule has 3 heteroatoms. The first kappa shape index (κ1) is 17.4. The van der Waals surface area contributed by atoms with Crippen LogP contribution >= 0.6 is 0 Å². The molecule has 0 aliphatic carbocycles. The first-order valence-electron chi connectivity index (χ1n) is 9.02. The van der Waals surface area contributed by atoms with Crippen LogP contribution in [0.5, 0.6) is 0 Å². The highest BCUT2D eigenvalue weighted by Gasteiger charge is 2.27. The van der Waals surface area contributed by atoms with Gasteiger partial charge >= 0.3 is 0 Å². The van der Waals surface area contributed by atoms with Crippen LogP contribution in [0.3, 0.4) is 0 Å². The van der Waals surface area contributed by atoms with Crippen LogP contribution in [0.1, 0.15) is 30.0 Å². The molecular formula is C22H27N2O+. The lowest BCUT2D eigenvalue weighted by molar-refractivity contribution is -0.909. The molecule has 0 fully saturated rings. The summed E-state index contributed by atoms with van der Waals surface area (Å²) in [5.41, 5.74) is 5.93. The molecule has 3 rings (SSSR count). The van der Waals surface area contributed by atoms with Crippen LogP contribution < -0.4 is 10.2 Å². The van der Waals surface area contributed by atoms with E-state index in [9.17, 15) is 4.79 Å². The number of anilines is 1. The number of quaternary nitrogens is 1. The van der Waals surface area contributed by atoms with Crippen molar-refractivity contribution in [3.63, 3.8) is 0 Å². The summed E-state index contributed by atoms with van der Waals surface area (Å²) >= 11 is 0. The van der Waals surface area contributed by atoms with Crippen LogP contribution in [0.15, 0.2) is 54.6 Å². The summed E-state index contributed by atoms with van der Waals surface area (Å²) in [6.07, 6.45) is 3.30. The zero-order valence-electron chi connectivity index (χ0n) is 15.3. The standard InChI is InChI=1S/C22H26N2O/c1-16-9-10-21(17(2)15-16)23-22(25)18(3)24-13-11-20(12-14-24)19-7-5-4-6-8-19/h4-11,15,18H,12-14H2,1-3H3,(H,23,25)/p+1/t18-/m1/s1. The van der Waals surface area contributed by atoms with E-state index in [-0.39, 0.29) is 11.9 Å². The SMILES string of the molecule is Cc1ccc(NC(=O)[C@@H](C)[NH+]2CC=C(c3ccccc3)CC2)c(C)c1. The Kier molecular flexibility index (Phi) is 5.34. The van der Waals surface area contributed by atoms with E-state index in [1.165, 1.54) is 21.6 Å². The number of amides is 1. The van der Waals surface area contributed by atoms with Gasteiger partial charge in [-0.2, -0.15) is 0 Å². The summed E-state index contributed by atoms with van der Waals surface area (Å²) in [7, 11) is 0. The molecule has 1 aliphatic heterocycles. The van der Waals surface area contributed by atoms with Crippen molar-refractivity contribution < 1.29 is 9.69 Å². The first-order chi connectivity index (χ1) is 12.0. The molecule has 2 aromatic rings. The number of rotatable bonds is 4. The zero-order valence-corrected chi connectivity index (χ0v) is 15.3. The molecule has 1 heterocycles. The third-order valence-corrected chi connectivity index (χ3v) is 5.12. The fourth-order valence-electron chi connectivity index (χ4n) is 3.44. The number of benzene rings is 2. The highest BCUT2D eigenvalue weighted by molar-refractivity contribution is 5.94. The van der Waals surface area contributed by atoms with Crippen LogP contribution in [-0.2, 0) is 4.79 Å². The predicted octanol–water partition coefficient (Wildman–Crippen LogP) is 3.00. The van der Waals surface area contributed by atoms with Crippen molar-refractivity contribution in [2.24, 2.45) is 0 Å². The number of carbonyl (C=O) groups excluding carboxylic acids is 1. The van der Waals surface area contributed by atoms with Gasteiger partial charge in [-0.3, -0.25) is 4.79 Å². The van der Waals surface area contributed by atoms with Crippen LogP contribution in [0.2, 0.25) is 0 Å². The average molecular weight is 335 g/mol. The van der Waals surface area contributed by atoms with E-state index >= 15 is 0 Å². The molecule has 1 amide bonds. The summed E-state index contributed by atoms with van der Waals surface area (Å²) in [4.78, 5) is 14.0. The quantitative estimate of drug-likeness (QED) is 0.885. The lowest BCUT2D eigenvalue weighted by Gasteiger charge is -2.28. The van der Waals surface area contributed by atoms with Crippen LogP contribution in [0, 0.1) is 13.8 Å². The maximum Gasteiger partial charge on any atom is 0.282 e. The van der Waals surface area contributed by atoms with Crippen molar-refractivity contribution in [3.05, 3.63) is 71.3 Å². The van der Waals surface area contributed by atoms with E-state index in [1.54, 1.807) is 0 Å². The van der Waals surface area contributed by atoms with Gasteiger partial charge in [-0.15, -0.1) is 0 Å². The Hall–Kier alpha value is -2.39. The van der Waals surface area contributed by atoms with E-state index in [4.69, 9.17) is 0 Å². The van der Waals surface area contributed by atoms with Crippen LogP contribution in [-0.4, -0.2) is 25.0 Å². The van der Waals surface area contributed by atoms with Crippen molar-refractivity contribution in [1.29, 1.82) is 0 Å². The van der Waals surface area contributed by atoms with Gasteiger partial charge < -0.3 is 10.2 Å². The minimum Gasteiger partial charge on any atom is -0.321 e. The molecule has 2 aromatic carbocycles. The summed E-state index contributed by atoms with van der Waals surface area (Å²) in [6.45, 7) is 8.01. The number of nitrogens with one attached hydrogen (secondary N) is 2.